The number of likely N-dealkylation sites (N-methyl/N-ethyl adjacent to an activating group) is 1. The smallest absolute Gasteiger partial charge is 0.310 e. The topological polar surface area (TPSA) is 59.1 Å². The maximum absolute atomic E-state index is 13.2. The third kappa shape index (κ3) is 3.16. The molecular formula is C20H27N5O2. The van der Waals surface area contributed by atoms with Crippen LogP contribution in [0, 0.1) is 0 Å². The standard InChI is InChI=1S/C20H27N5O2/c1-14(2)12-25-18(26)16-17(22(3)20(25)27)21-19-23(10-7-11-24(16)19)13-15-8-5-4-6-9-15/h4-6,8-9,16-17,19,21H,1,7,10-13H2,2-3H3. The molecule has 3 aliphatic heterocycles. The number of fused-ring (bicyclic) bond motifs is 3. The minimum atomic E-state index is -0.351. The first-order chi connectivity index (χ1) is 13.0. The van der Waals surface area contributed by atoms with Crippen LogP contribution in [-0.4, -0.2) is 76.7 Å². The third-order valence-corrected chi connectivity index (χ3v) is 5.62. The molecule has 7 nitrogen and oxygen atoms in total. The lowest BCUT2D eigenvalue weighted by atomic mass is 10.1. The van der Waals surface area contributed by atoms with E-state index in [2.05, 4.69) is 33.8 Å². The number of hydrogen-bond donors (Lipinski definition) is 1. The van der Waals surface area contributed by atoms with Gasteiger partial charge in [0.2, 0.25) is 0 Å². The van der Waals surface area contributed by atoms with E-state index in [0.29, 0.717) is 0 Å². The van der Waals surface area contributed by atoms with Crippen molar-refractivity contribution in [1.82, 2.24) is 24.9 Å². The van der Waals surface area contributed by atoms with Crippen LogP contribution in [0.15, 0.2) is 42.5 Å². The number of rotatable bonds is 4. The van der Waals surface area contributed by atoms with E-state index in [1.54, 1.807) is 11.9 Å². The van der Waals surface area contributed by atoms with Crippen molar-refractivity contribution in [1.29, 1.82) is 0 Å². The van der Waals surface area contributed by atoms with Gasteiger partial charge < -0.3 is 4.90 Å². The average Bonchev–Trinajstić information content (AvgIpc) is 3.05. The minimum absolute atomic E-state index is 0.0436. The Labute approximate surface area is 160 Å². The Bertz CT molecular complexity index is 752. The predicted octanol–water partition coefficient (Wildman–Crippen LogP) is 1.25. The zero-order valence-corrected chi connectivity index (χ0v) is 16.0. The first-order valence-electron chi connectivity index (χ1n) is 9.49. The van der Waals surface area contributed by atoms with Gasteiger partial charge in [0, 0.05) is 26.7 Å². The Hall–Kier alpha value is -2.22. The molecule has 0 bridgehead atoms. The average molecular weight is 369 g/mol. The van der Waals surface area contributed by atoms with Gasteiger partial charge in [-0.15, -0.1) is 0 Å². The molecule has 0 radical (unpaired) electrons. The van der Waals surface area contributed by atoms with Crippen LogP contribution in [0.3, 0.4) is 0 Å². The highest BCUT2D eigenvalue weighted by atomic mass is 16.2. The molecule has 3 saturated heterocycles. The van der Waals surface area contributed by atoms with Crippen molar-refractivity contribution >= 4 is 11.9 Å². The fourth-order valence-corrected chi connectivity index (χ4v) is 4.39. The summed E-state index contributed by atoms with van der Waals surface area (Å²) in [5.41, 5.74) is 2.05. The summed E-state index contributed by atoms with van der Waals surface area (Å²) >= 11 is 0. The molecule has 144 valence electrons. The molecule has 4 rings (SSSR count). The minimum Gasteiger partial charge on any atom is -0.310 e. The van der Waals surface area contributed by atoms with Crippen molar-refractivity contribution in [2.45, 2.75) is 38.4 Å². The summed E-state index contributed by atoms with van der Waals surface area (Å²) in [7, 11) is 1.77. The Morgan fingerprint density at radius 3 is 2.67 bits per heavy atom. The Morgan fingerprint density at radius 2 is 1.96 bits per heavy atom. The van der Waals surface area contributed by atoms with Crippen LogP contribution in [0.2, 0.25) is 0 Å². The van der Waals surface area contributed by atoms with Crippen LogP contribution in [0.1, 0.15) is 18.9 Å². The summed E-state index contributed by atoms with van der Waals surface area (Å²) in [5, 5.41) is 3.54. The highest BCUT2D eigenvalue weighted by Gasteiger charge is 2.55. The maximum atomic E-state index is 13.2. The molecule has 3 fully saturated rings. The quantitative estimate of drug-likeness (QED) is 0.810. The van der Waals surface area contributed by atoms with E-state index in [-0.39, 0.29) is 37.0 Å². The zero-order chi connectivity index (χ0) is 19.1. The summed E-state index contributed by atoms with van der Waals surface area (Å²) in [4.78, 5) is 33.4. The number of amides is 3. The van der Waals surface area contributed by atoms with Crippen LogP contribution in [-0.2, 0) is 11.3 Å². The largest absolute Gasteiger partial charge is 0.328 e. The lowest BCUT2D eigenvalue weighted by Gasteiger charge is -2.43. The van der Waals surface area contributed by atoms with Crippen molar-refractivity contribution in [2.24, 2.45) is 0 Å². The predicted molar refractivity (Wildman–Crippen MR) is 102 cm³/mol. The van der Waals surface area contributed by atoms with Gasteiger partial charge in [-0.2, -0.15) is 0 Å². The van der Waals surface area contributed by atoms with Gasteiger partial charge in [-0.25, -0.2) is 4.79 Å². The Balaban J connectivity index is 1.58. The maximum Gasteiger partial charge on any atom is 0.328 e. The second-order valence-electron chi connectivity index (χ2n) is 7.75. The third-order valence-electron chi connectivity index (χ3n) is 5.62. The van der Waals surface area contributed by atoms with Gasteiger partial charge in [0.15, 0.2) is 0 Å². The van der Waals surface area contributed by atoms with Crippen LogP contribution in [0.4, 0.5) is 4.79 Å². The van der Waals surface area contributed by atoms with E-state index in [4.69, 9.17) is 0 Å². The Morgan fingerprint density at radius 1 is 1.22 bits per heavy atom. The number of urea groups is 1. The van der Waals surface area contributed by atoms with Gasteiger partial charge in [-0.3, -0.25) is 24.8 Å². The van der Waals surface area contributed by atoms with Gasteiger partial charge in [0.05, 0.1) is 6.54 Å². The molecule has 3 heterocycles. The van der Waals surface area contributed by atoms with Gasteiger partial charge in [0.25, 0.3) is 5.91 Å². The molecule has 3 atom stereocenters. The number of hydrogen-bond acceptors (Lipinski definition) is 5. The van der Waals surface area contributed by atoms with Crippen molar-refractivity contribution in [2.75, 3.05) is 26.7 Å². The van der Waals surface area contributed by atoms with E-state index in [1.807, 2.05) is 25.1 Å². The van der Waals surface area contributed by atoms with Crippen molar-refractivity contribution in [3.63, 3.8) is 0 Å². The molecule has 0 aliphatic carbocycles. The molecule has 0 aromatic heterocycles. The van der Waals surface area contributed by atoms with E-state index in [9.17, 15) is 9.59 Å². The number of nitrogens with zero attached hydrogens (tertiary/aromatic N) is 4. The van der Waals surface area contributed by atoms with Crippen molar-refractivity contribution < 1.29 is 9.59 Å². The Kier molecular flexibility index (Phi) is 4.75. The summed E-state index contributed by atoms with van der Waals surface area (Å²) in [6.45, 7) is 8.60. The number of imide groups is 1. The fourth-order valence-electron chi connectivity index (χ4n) is 4.39. The second-order valence-corrected chi connectivity index (χ2v) is 7.75. The molecule has 0 saturated carbocycles. The van der Waals surface area contributed by atoms with E-state index in [0.717, 1.165) is 31.6 Å². The molecule has 1 N–H and O–H groups in total. The molecule has 1 aromatic carbocycles. The molecular weight excluding hydrogens is 342 g/mol. The highest BCUT2D eigenvalue weighted by molar-refractivity contribution is 6.00. The van der Waals surface area contributed by atoms with Gasteiger partial charge in [-0.05, 0) is 18.9 Å². The summed E-state index contributed by atoms with van der Waals surface area (Å²) in [6, 6.07) is 9.74. The van der Waals surface area contributed by atoms with Gasteiger partial charge >= 0.3 is 6.03 Å². The lowest BCUT2D eigenvalue weighted by molar-refractivity contribution is -0.139. The first-order valence-corrected chi connectivity index (χ1v) is 9.49. The zero-order valence-electron chi connectivity index (χ0n) is 16.0. The monoisotopic (exact) mass is 369 g/mol. The van der Waals surface area contributed by atoms with E-state index >= 15 is 0 Å². The fraction of sp³-hybridized carbons (Fsp3) is 0.500. The van der Waals surface area contributed by atoms with Gasteiger partial charge in [0.1, 0.15) is 18.5 Å². The molecule has 0 spiro atoms. The number of carbonyl (C=O) groups is 2. The first kappa shape index (κ1) is 18.2. The van der Waals surface area contributed by atoms with Crippen molar-refractivity contribution in [3.05, 3.63) is 48.0 Å². The second kappa shape index (κ2) is 7.07. The summed E-state index contributed by atoms with van der Waals surface area (Å²) in [5.74, 6) is -0.123. The van der Waals surface area contributed by atoms with Crippen LogP contribution >= 0.6 is 0 Å². The van der Waals surface area contributed by atoms with E-state index in [1.165, 1.54) is 10.5 Å². The highest BCUT2D eigenvalue weighted by Crippen LogP contribution is 2.31. The summed E-state index contributed by atoms with van der Waals surface area (Å²) in [6.07, 6.45) is 0.658. The summed E-state index contributed by atoms with van der Waals surface area (Å²) < 4.78 is 0. The number of benzene rings is 1. The molecule has 1 aromatic rings. The molecule has 7 heteroatoms. The molecule has 3 unspecified atom stereocenters. The van der Waals surface area contributed by atoms with Crippen LogP contribution in [0.5, 0.6) is 0 Å². The van der Waals surface area contributed by atoms with E-state index < -0.39 is 0 Å². The van der Waals surface area contributed by atoms with Gasteiger partial charge in [-0.1, -0.05) is 42.5 Å². The lowest BCUT2D eigenvalue weighted by Crippen LogP contribution is -2.66. The SMILES string of the molecule is C=C(C)CN1C(=O)C2C(NC3N(Cc4ccccc4)CCCN23)N(C)C1=O. The molecule has 27 heavy (non-hydrogen) atoms. The molecule has 3 aliphatic rings. The number of carbonyl (C=O) groups excluding carboxylic acids is 2. The number of nitrogens with one attached hydrogen (secondary N) is 1. The molecule has 3 amide bonds. The van der Waals surface area contributed by atoms with Crippen LogP contribution < -0.4 is 5.32 Å². The van der Waals surface area contributed by atoms with Crippen molar-refractivity contribution in [3.8, 4) is 0 Å². The normalized spacial score (nSPS) is 29.0. The van der Waals surface area contributed by atoms with Crippen LogP contribution in [0.25, 0.3) is 0 Å².